The van der Waals surface area contributed by atoms with Gasteiger partial charge in [0.05, 0.1) is 0 Å². The van der Waals surface area contributed by atoms with Gasteiger partial charge in [-0.3, -0.25) is 19.5 Å². The summed E-state index contributed by atoms with van der Waals surface area (Å²) in [5, 5.41) is 5.79. The molecular formula is C24H28N4O2. The van der Waals surface area contributed by atoms with Gasteiger partial charge >= 0.3 is 0 Å². The number of rotatable bonds is 8. The van der Waals surface area contributed by atoms with Crippen LogP contribution in [0.5, 0.6) is 0 Å². The van der Waals surface area contributed by atoms with E-state index in [2.05, 4.69) is 20.5 Å². The molecule has 1 aliphatic carbocycles. The predicted molar refractivity (Wildman–Crippen MR) is 116 cm³/mol. The number of hydrogen-bond acceptors (Lipinski definition) is 4. The zero-order chi connectivity index (χ0) is 20.9. The number of pyridine rings is 1. The molecule has 6 heteroatoms. The summed E-state index contributed by atoms with van der Waals surface area (Å²) in [6, 6.07) is 13.5. The Labute approximate surface area is 177 Å². The lowest BCUT2D eigenvalue weighted by molar-refractivity contribution is -0.126. The number of piperidine rings is 1. The van der Waals surface area contributed by atoms with Gasteiger partial charge in [0, 0.05) is 45.2 Å². The van der Waals surface area contributed by atoms with E-state index in [9.17, 15) is 9.59 Å². The molecule has 1 aromatic heterocycles. The quantitative estimate of drug-likeness (QED) is 0.662. The molecule has 1 unspecified atom stereocenters. The van der Waals surface area contributed by atoms with Crippen LogP contribution in [-0.2, 0) is 9.59 Å². The van der Waals surface area contributed by atoms with Crippen LogP contribution in [0.4, 0.5) is 0 Å². The zero-order valence-electron chi connectivity index (χ0n) is 17.2. The van der Waals surface area contributed by atoms with E-state index in [0.29, 0.717) is 24.3 Å². The Morgan fingerprint density at radius 1 is 1.17 bits per heavy atom. The normalized spacial score (nSPS) is 23.7. The summed E-state index contributed by atoms with van der Waals surface area (Å²) < 4.78 is 0. The Hall–Kier alpha value is -2.99. The summed E-state index contributed by atoms with van der Waals surface area (Å²) >= 11 is 0. The van der Waals surface area contributed by atoms with E-state index in [1.165, 1.54) is 0 Å². The average Bonchev–Trinajstić information content (AvgIpc) is 3.23. The molecular weight excluding hydrogens is 376 g/mol. The number of benzene rings is 1. The first-order chi connectivity index (χ1) is 14.7. The number of hydrogen-bond donors (Lipinski definition) is 2. The monoisotopic (exact) mass is 404 g/mol. The highest BCUT2D eigenvalue weighted by atomic mass is 16.2. The number of aromatic nitrogens is 1. The van der Waals surface area contributed by atoms with Crippen LogP contribution in [0.25, 0.3) is 6.08 Å². The molecule has 2 N–H and O–H groups in total. The molecule has 2 fully saturated rings. The van der Waals surface area contributed by atoms with Crippen molar-refractivity contribution in [3.05, 3.63) is 72.1 Å². The van der Waals surface area contributed by atoms with Crippen molar-refractivity contribution in [3.63, 3.8) is 0 Å². The second-order valence-corrected chi connectivity index (χ2v) is 8.07. The van der Waals surface area contributed by atoms with Gasteiger partial charge in [0.1, 0.15) is 6.04 Å². The Balaban J connectivity index is 1.23. The number of carbonyl (C=O) groups is 2. The first kappa shape index (κ1) is 20.3. The summed E-state index contributed by atoms with van der Waals surface area (Å²) in [6.45, 7) is 2.57. The maximum absolute atomic E-state index is 12.5. The van der Waals surface area contributed by atoms with E-state index in [1.807, 2.05) is 42.5 Å². The number of nitrogens with zero attached hydrogens (tertiary/aromatic N) is 2. The minimum atomic E-state index is -0.220. The second kappa shape index (κ2) is 9.22. The van der Waals surface area contributed by atoms with Crippen LogP contribution in [0.3, 0.4) is 0 Å². The van der Waals surface area contributed by atoms with Gasteiger partial charge in [-0.05, 0) is 47.4 Å². The van der Waals surface area contributed by atoms with Gasteiger partial charge in [0.15, 0.2) is 0 Å². The van der Waals surface area contributed by atoms with Gasteiger partial charge in [-0.15, -0.1) is 0 Å². The number of amides is 2. The highest BCUT2D eigenvalue weighted by Crippen LogP contribution is 2.54. The third-order valence-electron chi connectivity index (χ3n) is 6.26. The van der Waals surface area contributed by atoms with Crippen LogP contribution in [0.1, 0.15) is 23.6 Å². The van der Waals surface area contributed by atoms with Crippen molar-refractivity contribution in [3.8, 4) is 0 Å². The number of likely N-dealkylation sites (tertiary alicyclic amines) is 1. The lowest BCUT2D eigenvalue weighted by atomic mass is 10.0. The fourth-order valence-corrected chi connectivity index (χ4v) is 4.69. The van der Waals surface area contributed by atoms with E-state index >= 15 is 0 Å². The van der Waals surface area contributed by atoms with Crippen molar-refractivity contribution in [2.24, 2.45) is 17.8 Å². The molecule has 2 amide bonds. The molecule has 2 aromatic rings. The van der Waals surface area contributed by atoms with E-state index in [-0.39, 0.29) is 17.9 Å². The van der Waals surface area contributed by atoms with Gasteiger partial charge in [0.25, 0.3) is 0 Å². The van der Waals surface area contributed by atoms with E-state index in [0.717, 1.165) is 30.6 Å². The summed E-state index contributed by atoms with van der Waals surface area (Å²) in [7, 11) is 1.70. The summed E-state index contributed by atoms with van der Waals surface area (Å²) in [5.74, 6) is 1.87. The van der Waals surface area contributed by atoms with E-state index in [1.54, 1.807) is 31.6 Å². The van der Waals surface area contributed by atoms with Crippen LogP contribution in [0.15, 0.2) is 60.9 Å². The topological polar surface area (TPSA) is 74.3 Å². The summed E-state index contributed by atoms with van der Waals surface area (Å²) in [4.78, 5) is 30.8. The molecule has 0 bridgehead atoms. The van der Waals surface area contributed by atoms with Crippen molar-refractivity contribution in [1.82, 2.24) is 20.5 Å². The van der Waals surface area contributed by atoms with Crippen LogP contribution >= 0.6 is 0 Å². The van der Waals surface area contributed by atoms with Crippen LogP contribution < -0.4 is 10.6 Å². The molecule has 1 aliphatic heterocycles. The molecule has 156 valence electrons. The fraction of sp³-hybridized carbons (Fsp3) is 0.375. The van der Waals surface area contributed by atoms with Gasteiger partial charge in [-0.1, -0.05) is 36.4 Å². The minimum Gasteiger partial charge on any atom is -0.358 e. The maximum atomic E-state index is 12.5. The van der Waals surface area contributed by atoms with E-state index in [4.69, 9.17) is 0 Å². The Morgan fingerprint density at radius 2 is 1.93 bits per heavy atom. The van der Waals surface area contributed by atoms with Gasteiger partial charge in [0.2, 0.25) is 11.8 Å². The third-order valence-corrected chi connectivity index (χ3v) is 6.26. The van der Waals surface area contributed by atoms with E-state index < -0.39 is 0 Å². The largest absolute Gasteiger partial charge is 0.358 e. The van der Waals surface area contributed by atoms with Crippen molar-refractivity contribution >= 4 is 17.9 Å². The van der Waals surface area contributed by atoms with Gasteiger partial charge < -0.3 is 10.6 Å². The summed E-state index contributed by atoms with van der Waals surface area (Å²) in [6.07, 6.45) is 7.75. The number of carbonyl (C=O) groups excluding carboxylic acids is 2. The summed E-state index contributed by atoms with van der Waals surface area (Å²) in [5.41, 5.74) is 1.95. The second-order valence-electron chi connectivity index (χ2n) is 8.07. The Morgan fingerprint density at radius 3 is 2.60 bits per heavy atom. The Bertz CT molecular complexity index is 888. The molecule has 30 heavy (non-hydrogen) atoms. The van der Waals surface area contributed by atoms with Crippen molar-refractivity contribution in [2.45, 2.75) is 12.5 Å². The zero-order valence-corrected chi connectivity index (χ0v) is 17.2. The lowest BCUT2D eigenvalue weighted by Crippen LogP contribution is -2.39. The highest BCUT2D eigenvalue weighted by Gasteiger charge is 2.56. The van der Waals surface area contributed by atoms with Gasteiger partial charge in [-0.2, -0.15) is 0 Å². The standard InChI is InChI=1S/C24H28N4O2/c1-25-24(30)23(18-7-3-2-4-8-18)28-15-20-19(21(20)16-28)11-13-27-22(29)10-9-17-6-5-12-26-14-17/h2-10,12,14,19-21,23H,11,13,15-16H2,1H3,(H,25,30)(H,27,29)/b10-9+/t19-,20-,21+,23?. The SMILES string of the molecule is CNC(=O)C(c1ccccc1)N1C[C@@H]2[C@@H](CCNC(=O)/C=C/c3cccnc3)[C@@H]2C1. The molecule has 1 saturated heterocycles. The third kappa shape index (κ3) is 4.60. The van der Waals surface area contributed by atoms with Crippen molar-refractivity contribution in [1.29, 1.82) is 0 Å². The highest BCUT2D eigenvalue weighted by molar-refractivity contribution is 5.91. The average molecular weight is 405 g/mol. The van der Waals surface area contributed by atoms with Crippen LogP contribution in [-0.4, -0.2) is 48.4 Å². The molecule has 0 spiro atoms. The molecule has 0 radical (unpaired) electrons. The molecule has 1 saturated carbocycles. The van der Waals surface area contributed by atoms with Gasteiger partial charge in [-0.25, -0.2) is 0 Å². The smallest absolute Gasteiger partial charge is 0.244 e. The fourth-order valence-electron chi connectivity index (χ4n) is 4.69. The van der Waals surface area contributed by atoms with Crippen molar-refractivity contribution < 1.29 is 9.59 Å². The molecule has 6 nitrogen and oxygen atoms in total. The molecule has 4 atom stereocenters. The lowest BCUT2D eigenvalue weighted by Gasteiger charge is -2.29. The number of nitrogens with one attached hydrogen (secondary N) is 2. The number of likely N-dealkylation sites (N-methyl/N-ethyl adjacent to an activating group) is 1. The van der Waals surface area contributed by atoms with Crippen LogP contribution in [0, 0.1) is 17.8 Å². The molecule has 2 aliphatic rings. The van der Waals surface area contributed by atoms with Crippen molar-refractivity contribution in [2.75, 3.05) is 26.7 Å². The number of fused-ring (bicyclic) bond motifs is 1. The maximum Gasteiger partial charge on any atom is 0.244 e. The predicted octanol–water partition coefficient (Wildman–Crippen LogP) is 2.27. The Kier molecular flexibility index (Phi) is 6.23. The molecule has 1 aromatic carbocycles. The first-order valence-electron chi connectivity index (χ1n) is 10.5. The van der Waals surface area contributed by atoms with Crippen LogP contribution in [0.2, 0.25) is 0 Å². The minimum absolute atomic E-state index is 0.0479. The molecule has 4 rings (SSSR count). The molecule has 2 heterocycles. The first-order valence-corrected chi connectivity index (χ1v) is 10.5.